The summed E-state index contributed by atoms with van der Waals surface area (Å²) in [6.07, 6.45) is 31.4. The SMILES string of the molecule is C#Cc1c/c2s/c1=C\C=c1/s/c(cc1C#C)=c1/cc(C#C)/c(s1)=C/C=c1\s\c=2cc1C#C. The standard InChI is InChI=1S/C28H12S4/c1-5-17-13-25-26-14-18(6-2)23(30-26)11-12-24-20(8-4)16-28(32-24)27-15-19(7-3)22(31-27)10-9-21(17)29-25/h1-4,9-16H/b10-9?,12-11?,21-9-,22-10-,23-11-,24-12-,26-25-,28-27-. The molecule has 0 fully saturated rings. The Bertz CT molecular complexity index is 1720. The lowest BCUT2D eigenvalue weighted by atomic mass is 10.2. The molecule has 1 aliphatic rings. The predicted molar refractivity (Wildman–Crippen MR) is 141 cm³/mol. The van der Waals surface area contributed by atoms with E-state index in [1.165, 1.54) is 0 Å². The van der Waals surface area contributed by atoms with Crippen molar-refractivity contribution in [3.63, 3.8) is 0 Å². The maximum absolute atomic E-state index is 5.80. The van der Waals surface area contributed by atoms with Crippen LogP contribution in [0.2, 0.25) is 0 Å². The molecule has 0 radical (unpaired) electrons. The van der Waals surface area contributed by atoms with E-state index in [-0.39, 0.29) is 0 Å². The Hall–Kier alpha value is -3.48. The van der Waals surface area contributed by atoms with Crippen LogP contribution in [0.4, 0.5) is 0 Å². The van der Waals surface area contributed by atoms with Gasteiger partial charge in [-0.1, -0.05) is 23.7 Å². The van der Waals surface area contributed by atoms with Crippen LogP contribution in [0.5, 0.6) is 0 Å². The molecule has 1 aliphatic heterocycles. The molecule has 0 saturated carbocycles. The first kappa shape index (κ1) is 20.4. The van der Waals surface area contributed by atoms with Crippen molar-refractivity contribution in [2.45, 2.75) is 0 Å². The normalized spacial score (nSPS) is 17.9. The first-order valence-electron chi connectivity index (χ1n) is 9.42. The summed E-state index contributed by atoms with van der Waals surface area (Å²) in [4.78, 5) is 0. The third-order valence-electron chi connectivity index (χ3n) is 4.92. The molecule has 4 aromatic heterocycles. The zero-order valence-corrected chi connectivity index (χ0v) is 19.8. The van der Waals surface area contributed by atoms with Crippen LogP contribution in [0, 0.1) is 67.5 Å². The van der Waals surface area contributed by atoms with Crippen molar-refractivity contribution >= 4 is 69.7 Å². The lowest BCUT2D eigenvalue weighted by molar-refractivity contribution is 1.68. The molecule has 4 aromatic rings. The van der Waals surface area contributed by atoms with Gasteiger partial charge in [-0.2, -0.15) is 0 Å². The van der Waals surface area contributed by atoms with E-state index in [1.54, 1.807) is 45.3 Å². The van der Waals surface area contributed by atoms with E-state index in [1.807, 2.05) is 24.3 Å². The maximum atomic E-state index is 5.80. The molecule has 0 aliphatic carbocycles. The maximum Gasteiger partial charge on any atom is 0.0462 e. The molecule has 4 heteroatoms. The Labute approximate surface area is 200 Å². The molecule has 0 unspecified atom stereocenters. The summed E-state index contributed by atoms with van der Waals surface area (Å²) in [5.74, 6) is 11.2. The van der Waals surface area contributed by atoms with E-state index in [4.69, 9.17) is 25.7 Å². The molecule has 0 spiro atoms. The average molecular weight is 477 g/mol. The Balaban J connectivity index is 2.05. The van der Waals surface area contributed by atoms with Crippen molar-refractivity contribution in [3.8, 4) is 49.4 Å². The zero-order valence-electron chi connectivity index (χ0n) is 16.6. The highest BCUT2D eigenvalue weighted by Gasteiger charge is 2.03. The van der Waals surface area contributed by atoms with Crippen LogP contribution in [0.1, 0.15) is 22.3 Å². The first-order valence-corrected chi connectivity index (χ1v) is 12.7. The summed E-state index contributed by atoms with van der Waals surface area (Å²) in [7, 11) is 0. The Kier molecular flexibility index (Phi) is 5.25. The van der Waals surface area contributed by atoms with Gasteiger partial charge in [0.2, 0.25) is 0 Å². The summed E-state index contributed by atoms with van der Waals surface area (Å²) in [6, 6.07) is 8.19. The quantitative estimate of drug-likeness (QED) is 0.342. The van der Waals surface area contributed by atoms with Gasteiger partial charge in [-0.05, 0) is 48.6 Å². The molecular weight excluding hydrogens is 465 g/mol. The second kappa shape index (κ2) is 8.22. The number of thiophene rings is 4. The fourth-order valence-corrected chi connectivity index (χ4v) is 7.60. The van der Waals surface area contributed by atoms with Gasteiger partial charge in [-0.15, -0.1) is 71.0 Å². The second-order valence-electron chi connectivity index (χ2n) is 6.80. The van der Waals surface area contributed by atoms with Crippen molar-refractivity contribution in [1.82, 2.24) is 0 Å². The molecule has 5 rings (SSSR count). The summed E-state index contributed by atoms with van der Waals surface area (Å²) in [5.41, 5.74) is 3.44. The second-order valence-corrected chi connectivity index (χ2v) is 11.1. The van der Waals surface area contributed by atoms with Gasteiger partial charge in [0.05, 0.1) is 0 Å². The van der Waals surface area contributed by atoms with Gasteiger partial charge in [0.25, 0.3) is 0 Å². The number of terminal acetylenes is 4. The number of hydrogen-bond acceptors (Lipinski definition) is 4. The van der Waals surface area contributed by atoms with Gasteiger partial charge >= 0.3 is 0 Å². The number of hydrogen-bond donors (Lipinski definition) is 0. The third-order valence-corrected chi connectivity index (χ3v) is 9.72. The van der Waals surface area contributed by atoms with Crippen molar-refractivity contribution < 1.29 is 0 Å². The van der Waals surface area contributed by atoms with E-state index in [2.05, 4.69) is 48.0 Å². The minimum absolute atomic E-state index is 0.860. The Morgan fingerprint density at radius 3 is 0.812 bits per heavy atom. The van der Waals surface area contributed by atoms with E-state index in [0.717, 1.165) is 58.5 Å². The fraction of sp³-hybridized carbons (Fsp3) is 0. The average Bonchev–Trinajstić information content (AvgIpc) is 3.58. The largest absolute Gasteiger partial charge is 0.134 e. The topological polar surface area (TPSA) is 0 Å². The van der Waals surface area contributed by atoms with Crippen LogP contribution in [-0.2, 0) is 0 Å². The molecule has 5 heterocycles. The van der Waals surface area contributed by atoms with Crippen LogP contribution in [0.25, 0.3) is 24.3 Å². The summed E-state index contributed by atoms with van der Waals surface area (Å²) < 4.78 is 8.47. The van der Waals surface area contributed by atoms with Crippen LogP contribution in [0.15, 0.2) is 24.3 Å². The first-order chi connectivity index (χ1) is 15.6. The predicted octanol–water partition coefficient (Wildman–Crippen LogP) is 3.27. The minimum atomic E-state index is 0.860. The zero-order chi connectivity index (χ0) is 22.2. The fourth-order valence-electron chi connectivity index (χ4n) is 3.36. The third kappa shape index (κ3) is 3.47. The lowest BCUT2D eigenvalue weighted by Crippen LogP contribution is -2.00. The molecule has 0 atom stereocenters. The molecule has 0 nitrogen and oxygen atoms in total. The molecule has 0 amide bonds. The molecule has 0 saturated heterocycles. The molecule has 8 bridgehead atoms. The molecular formula is C28H12S4. The number of rotatable bonds is 0. The summed E-state index contributed by atoms with van der Waals surface area (Å²) >= 11 is 6.62. The van der Waals surface area contributed by atoms with Gasteiger partial charge in [0, 0.05) is 58.5 Å². The van der Waals surface area contributed by atoms with Crippen LogP contribution < -0.4 is 18.1 Å². The highest BCUT2D eigenvalue weighted by atomic mass is 32.1. The van der Waals surface area contributed by atoms with Crippen molar-refractivity contribution in [3.05, 3.63) is 82.8 Å². The van der Waals surface area contributed by atoms with Gasteiger partial charge in [0.15, 0.2) is 0 Å². The molecule has 32 heavy (non-hydrogen) atoms. The minimum Gasteiger partial charge on any atom is -0.134 e. The van der Waals surface area contributed by atoms with Gasteiger partial charge in [-0.25, -0.2) is 0 Å². The monoisotopic (exact) mass is 476 g/mol. The lowest BCUT2D eigenvalue weighted by Gasteiger charge is -1.81. The van der Waals surface area contributed by atoms with Crippen LogP contribution in [0.3, 0.4) is 0 Å². The van der Waals surface area contributed by atoms with Crippen molar-refractivity contribution in [1.29, 1.82) is 0 Å². The van der Waals surface area contributed by atoms with Crippen molar-refractivity contribution in [2.24, 2.45) is 0 Å². The molecule has 148 valence electrons. The highest BCUT2D eigenvalue weighted by Crippen LogP contribution is 2.12. The smallest absolute Gasteiger partial charge is 0.0462 e. The van der Waals surface area contributed by atoms with Gasteiger partial charge in [0.1, 0.15) is 0 Å². The van der Waals surface area contributed by atoms with E-state index < -0.39 is 0 Å². The number of fused-ring (bicyclic) bond motifs is 8. The van der Waals surface area contributed by atoms with Crippen LogP contribution >= 0.6 is 45.3 Å². The molecule has 0 aromatic carbocycles. The van der Waals surface area contributed by atoms with Crippen molar-refractivity contribution in [2.75, 3.05) is 0 Å². The Morgan fingerprint density at radius 2 is 0.625 bits per heavy atom. The van der Waals surface area contributed by atoms with Crippen LogP contribution in [-0.4, -0.2) is 0 Å². The Morgan fingerprint density at radius 1 is 0.406 bits per heavy atom. The molecule has 0 N–H and O–H groups in total. The van der Waals surface area contributed by atoms with Gasteiger partial charge in [-0.3, -0.25) is 0 Å². The van der Waals surface area contributed by atoms with E-state index >= 15 is 0 Å². The summed E-state index contributed by atoms with van der Waals surface area (Å²) in [6.45, 7) is 0. The summed E-state index contributed by atoms with van der Waals surface area (Å²) in [5, 5.41) is 0. The van der Waals surface area contributed by atoms with Gasteiger partial charge < -0.3 is 0 Å². The van der Waals surface area contributed by atoms with E-state index in [0.29, 0.717) is 0 Å². The highest BCUT2D eigenvalue weighted by molar-refractivity contribution is 7.12. The van der Waals surface area contributed by atoms with E-state index in [9.17, 15) is 0 Å².